The van der Waals surface area contributed by atoms with E-state index in [0.29, 0.717) is 0 Å². The predicted octanol–water partition coefficient (Wildman–Crippen LogP) is 2.30. The van der Waals surface area contributed by atoms with Gasteiger partial charge in [0.2, 0.25) is 0 Å². The molecule has 0 saturated carbocycles. The van der Waals surface area contributed by atoms with Crippen LogP contribution in [0.3, 0.4) is 0 Å². The number of hydrogen-bond acceptors (Lipinski definition) is 0. The Labute approximate surface area is 84.2 Å². The molecular weight excluding hydrogens is 242 g/mol. The van der Waals surface area contributed by atoms with E-state index in [9.17, 15) is 13.2 Å². The van der Waals surface area contributed by atoms with Gasteiger partial charge in [-0.2, -0.15) is 0 Å². The van der Waals surface area contributed by atoms with Crippen LogP contribution in [0.15, 0.2) is 24.3 Å². The van der Waals surface area contributed by atoms with Crippen molar-refractivity contribution < 1.29 is 31.5 Å². The quantitative estimate of drug-likeness (QED) is 0.617. The molecule has 0 aliphatic heterocycles. The van der Waals surface area contributed by atoms with Gasteiger partial charge in [-0.3, -0.25) is 0 Å². The van der Waals surface area contributed by atoms with Crippen LogP contribution in [0.1, 0.15) is 5.56 Å². The van der Waals surface area contributed by atoms with Crippen LogP contribution in [0.5, 0.6) is 0 Å². The molecule has 0 aliphatic carbocycles. The SMILES string of the molecule is Cl.FC(F)(F)c1ccc[c]([Zn])c1. The van der Waals surface area contributed by atoms with Crippen molar-refractivity contribution in [2.24, 2.45) is 0 Å². The third kappa shape index (κ3) is 3.12. The van der Waals surface area contributed by atoms with Crippen molar-refractivity contribution in [3.8, 4) is 0 Å². The Morgan fingerprint density at radius 2 is 1.75 bits per heavy atom. The molecule has 0 radical (unpaired) electrons. The molecule has 1 rings (SSSR count). The third-order valence-electron chi connectivity index (χ3n) is 1.25. The van der Waals surface area contributed by atoms with E-state index in [1.165, 1.54) is 12.1 Å². The van der Waals surface area contributed by atoms with Crippen molar-refractivity contribution in [2.75, 3.05) is 0 Å². The molecule has 0 bridgehead atoms. The van der Waals surface area contributed by atoms with E-state index in [-0.39, 0.29) is 12.4 Å². The van der Waals surface area contributed by atoms with Gasteiger partial charge in [0.05, 0.1) is 0 Å². The van der Waals surface area contributed by atoms with Crippen LogP contribution in [-0.4, -0.2) is 0 Å². The van der Waals surface area contributed by atoms with Crippen LogP contribution < -0.4 is 4.16 Å². The number of hydrogen-bond donors (Lipinski definition) is 0. The van der Waals surface area contributed by atoms with Crippen LogP contribution in [0.25, 0.3) is 0 Å². The van der Waals surface area contributed by atoms with Crippen molar-refractivity contribution >= 4 is 16.6 Å². The second-order valence-electron chi connectivity index (χ2n) is 2.20. The summed E-state index contributed by atoms with van der Waals surface area (Å²) in [5, 5.41) is 0. The summed E-state index contributed by atoms with van der Waals surface area (Å²) < 4.78 is 36.7. The van der Waals surface area contributed by atoms with Gasteiger partial charge in [-0.25, -0.2) is 0 Å². The molecule has 0 nitrogen and oxygen atoms in total. The van der Waals surface area contributed by atoms with Gasteiger partial charge in [0, 0.05) is 0 Å². The summed E-state index contributed by atoms with van der Waals surface area (Å²) in [6.45, 7) is 0. The predicted molar refractivity (Wildman–Crippen MR) is 38.3 cm³/mol. The van der Waals surface area contributed by atoms with Crippen molar-refractivity contribution in [3.05, 3.63) is 29.8 Å². The second kappa shape index (κ2) is 4.24. The van der Waals surface area contributed by atoms with Crippen LogP contribution in [0, 0.1) is 0 Å². The van der Waals surface area contributed by atoms with E-state index in [0.717, 1.165) is 28.5 Å². The van der Waals surface area contributed by atoms with Gasteiger partial charge < -0.3 is 0 Å². The first kappa shape index (κ1) is 11.9. The Hall–Kier alpha value is -0.0766. The maximum absolute atomic E-state index is 12.0. The molecule has 0 N–H and O–H groups in total. The van der Waals surface area contributed by atoms with Gasteiger partial charge in [-0.1, -0.05) is 0 Å². The van der Waals surface area contributed by atoms with Gasteiger partial charge in [-0.15, -0.1) is 12.4 Å². The average Bonchev–Trinajstić information content (AvgIpc) is 1.86. The molecule has 0 aromatic heterocycles. The van der Waals surface area contributed by atoms with E-state index in [1.807, 2.05) is 0 Å². The summed E-state index contributed by atoms with van der Waals surface area (Å²) in [4.78, 5) is 0. The molecule has 1 aromatic carbocycles. The Bertz CT molecular complexity index is 259. The Balaban J connectivity index is 0.00000121. The topological polar surface area (TPSA) is 0 Å². The number of alkyl halides is 3. The molecule has 12 heavy (non-hydrogen) atoms. The van der Waals surface area contributed by atoms with Gasteiger partial charge in [-0.05, 0) is 0 Å². The monoisotopic (exact) mass is 245 g/mol. The summed E-state index contributed by atoms with van der Waals surface area (Å²) in [5.74, 6) is 0. The normalized spacial score (nSPS) is 10.8. The Morgan fingerprint density at radius 3 is 2.08 bits per heavy atom. The molecule has 5 heteroatoms. The third-order valence-corrected chi connectivity index (χ3v) is 2.18. The fourth-order valence-electron chi connectivity index (χ4n) is 0.748. The molecule has 0 atom stereocenters. The molecule has 0 heterocycles. The molecule has 0 saturated heterocycles. The van der Waals surface area contributed by atoms with Crippen molar-refractivity contribution in [2.45, 2.75) is 6.18 Å². The van der Waals surface area contributed by atoms with Crippen LogP contribution >= 0.6 is 12.4 Å². The average molecular weight is 247 g/mol. The minimum atomic E-state index is -4.20. The number of benzene rings is 1. The van der Waals surface area contributed by atoms with E-state index in [2.05, 4.69) is 0 Å². The Morgan fingerprint density at radius 1 is 1.17 bits per heavy atom. The molecule has 0 aliphatic rings. The van der Waals surface area contributed by atoms with E-state index >= 15 is 0 Å². The molecule has 0 unspecified atom stereocenters. The van der Waals surface area contributed by atoms with E-state index in [1.54, 1.807) is 6.07 Å². The van der Waals surface area contributed by atoms with Crippen LogP contribution in [0.4, 0.5) is 13.2 Å². The summed E-state index contributed by atoms with van der Waals surface area (Å²) in [6, 6.07) is 5.38. The van der Waals surface area contributed by atoms with Crippen LogP contribution in [-0.2, 0) is 24.5 Å². The molecule has 63 valence electrons. The van der Waals surface area contributed by atoms with Crippen LogP contribution in [0.2, 0.25) is 0 Å². The molecule has 0 fully saturated rings. The van der Waals surface area contributed by atoms with E-state index < -0.39 is 11.7 Å². The zero-order valence-electron chi connectivity index (χ0n) is 6.06. The zero-order valence-corrected chi connectivity index (χ0v) is 9.84. The van der Waals surface area contributed by atoms with Gasteiger partial charge in [0.25, 0.3) is 0 Å². The van der Waals surface area contributed by atoms with Crippen molar-refractivity contribution in [1.29, 1.82) is 0 Å². The van der Waals surface area contributed by atoms with Crippen molar-refractivity contribution in [3.63, 3.8) is 0 Å². The summed E-state index contributed by atoms with van der Waals surface area (Å²) in [7, 11) is 0. The molecule has 0 spiro atoms. The van der Waals surface area contributed by atoms with E-state index in [4.69, 9.17) is 0 Å². The summed E-state index contributed by atoms with van der Waals surface area (Å²) in [5.41, 5.74) is -0.554. The van der Waals surface area contributed by atoms with Crippen molar-refractivity contribution in [1.82, 2.24) is 0 Å². The standard InChI is InChI=1S/C7H4F3.ClH.Zn/c8-7(9,10)6-4-2-1-3-5-6;;/h1-2,4-5H;1H;. The fraction of sp³-hybridized carbons (Fsp3) is 0.143. The first-order valence-electron chi connectivity index (χ1n) is 2.99. The summed E-state index contributed by atoms with van der Waals surface area (Å²) in [6.07, 6.45) is -4.20. The first-order valence-corrected chi connectivity index (χ1v) is 4.48. The maximum atomic E-state index is 12.0. The minimum absolute atomic E-state index is 0. The molecule has 1 aromatic rings. The molecule has 0 amide bonds. The summed E-state index contributed by atoms with van der Waals surface area (Å²) >= 11 is 0.754. The second-order valence-corrected chi connectivity index (χ2v) is 3.91. The van der Waals surface area contributed by atoms with Gasteiger partial charge in [0.1, 0.15) is 0 Å². The number of halogens is 4. The molecular formula is C7H5ClF3Zn. The number of rotatable bonds is 0. The first-order chi connectivity index (χ1) is 5.00. The zero-order chi connectivity index (χ0) is 8.48. The van der Waals surface area contributed by atoms with Gasteiger partial charge >= 0.3 is 71.6 Å². The fourth-order valence-corrected chi connectivity index (χ4v) is 1.49. The van der Waals surface area contributed by atoms with Gasteiger partial charge in [0.15, 0.2) is 0 Å². The Kier molecular flexibility index (Phi) is 4.22.